The van der Waals surface area contributed by atoms with Gasteiger partial charge in [0.1, 0.15) is 5.82 Å². The van der Waals surface area contributed by atoms with Gasteiger partial charge in [-0.05, 0) is 42.0 Å². The van der Waals surface area contributed by atoms with Crippen LogP contribution in [0.3, 0.4) is 0 Å². The molecule has 0 saturated heterocycles. The van der Waals surface area contributed by atoms with E-state index < -0.39 is 0 Å². The van der Waals surface area contributed by atoms with E-state index in [1.54, 1.807) is 18.6 Å². The first-order valence-electron chi connectivity index (χ1n) is 8.02. The summed E-state index contributed by atoms with van der Waals surface area (Å²) in [6.45, 7) is 2.14. The van der Waals surface area contributed by atoms with Gasteiger partial charge in [-0.15, -0.1) is 0 Å². The average molecular weight is 301 g/mol. The molecule has 0 aliphatic heterocycles. The van der Waals surface area contributed by atoms with Crippen LogP contribution in [0, 0.1) is 6.92 Å². The number of fused-ring (bicyclic) bond motifs is 1. The van der Waals surface area contributed by atoms with Crippen molar-refractivity contribution in [1.82, 2.24) is 9.97 Å². The molecule has 1 heterocycles. The van der Waals surface area contributed by atoms with Gasteiger partial charge in [0.25, 0.3) is 0 Å². The van der Waals surface area contributed by atoms with Crippen LogP contribution in [0.15, 0.2) is 61.1 Å². The van der Waals surface area contributed by atoms with Crippen molar-refractivity contribution in [2.45, 2.75) is 25.8 Å². The maximum absolute atomic E-state index is 4.33. The van der Waals surface area contributed by atoms with Crippen LogP contribution in [0.2, 0.25) is 0 Å². The summed E-state index contributed by atoms with van der Waals surface area (Å²) in [4.78, 5) is 8.47. The minimum Gasteiger partial charge on any atom is -0.362 e. The van der Waals surface area contributed by atoms with Crippen molar-refractivity contribution in [3.05, 3.63) is 77.7 Å². The standard InChI is InChI=1S/C20H19N3/c1-14-4-2-5-15(12-14)16-6-3-7-18-17(16)8-9-19(18)23-20-13-21-10-11-22-20/h2-7,10-13,19H,8-9H2,1H3,(H,22,23). The largest absolute Gasteiger partial charge is 0.362 e. The van der Waals surface area contributed by atoms with Crippen LogP contribution < -0.4 is 5.32 Å². The van der Waals surface area contributed by atoms with Crippen LogP contribution in [0.1, 0.15) is 29.2 Å². The van der Waals surface area contributed by atoms with Gasteiger partial charge in [-0.25, -0.2) is 4.98 Å². The summed E-state index contributed by atoms with van der Waals surface area (Å²) >= 11 is 0. The van der Waals surface area contributed by atoms with Gasteiger partial charge in [-0.1, -0.05) is 48.0 Å². The Bertz CT molecular complexity index is 827. The Morgan fingerprint density at radius 1 is 1.09 bits per heavy atom. The lowest BCUT2D eigenvalue weighted by molar-refractivity contribution is 0.756. The summed E-state index contributed by atoms with van der Waals surface area (Å²) in [5, 5.41) is 3.51. The van der Waals surface area contributed by atoms with E-state index in [-0.39, 0.29) is 0 Å². The summed E-state index contributed by atoms with van der Waals surface area (Å²) in [5.41, 5.74) is 6.80. The molecule has 1 unspecified atom stereocenters. The average Bonchev–Trinajstić information content (AvgIpc) is 2.99. The van der Waals surface area contributed by atoms with Gasteiger partial charge in [0.05, 0.1) is 12.2 Å². The number of hydrogen-bond acceptors (Lipinski definition) is 3. The van der Waals surface area contributed by atoms with Gasteiger partial charge in [0.2, 0.25) is 0 Å². The fourth-order valence-electron chi connectivity index (χ4n) is 3.44. The Kier molecular flexibility index (Phi) is 3.54. The van der Waals surface area contributed by atoms with E-state index in [1.165, 1.54) is 27.8 Å². The number of benzene rings is 2. The first-order valence-corrected chi connectivity index (χ1v) is 8.02. The van der Waals surface area contributed by atoms with Gasteiger partial charge in [0.15, 0.2) is 0 Å². The Morgan fingerprint density at radius 3 is 2.83 bits per heavy atom. The molecular weight excluding hydrogens is 282 g/mol. The molecule has 1 atom stereocenters. The third-order valence-corrected chi connectivity index (χ3v) is 4.49. The molecule has 1 N–H and O–H groups in total. The number of aryl methyl sites for hydroxylation is 1. The van der Waals surface area contributed by atoms with E-state index in [1.807, 2.05) is 0 Å². The fourth-order valence-corrected chi connectivity index (χ4v) is 3.44. The molecule has 1 aromatic heterocycles. The Balaban J connectivity index is 1.69. The number of nitrogens with one attached hydrogen (secondary N) is 1. The van der Waals surface area contributed by atoms with E-state index in [9.17, 15) is 0 Å². The van der Waals surface area contributed by atoms with E-state index >= 15 is 0 Å². The smallest absolute Gasteiger partial charge is 0.144 e. The van der Waals surface area contributed by atoms with E-state index in [4.69, 9.17) is 0 Å². The van der Waals surface area contributed by atoms with Gasteiger partial charge in [-0.2, -0.15) is 0 Å². The predicted molar refractivity (Wildman–Crippen MR) is 93.3 cm³/mol. The first-order chi connectivity index (χ1) is 11.3. The predicted octanol–water partition coefficient (Wildman–Crippen LogP) is 4.55. The normalized spacial score (nSPS) is 16.1. The molecule has 3 aromatic rings. The van der Waals surface area contributed by atoms with Crippen molar-refractivity contribution >= 4 is 5.82 Å². The van der Waals surface area contributed by atoms with Crippen molar-refractivity contribution in [3.63, 3.8) is 0 Å². The molecule has 0 radical (unpaired) electrons. The molecule has 0 saturated carbocycles. The van der Waals surface area contributed by atoms with Crippen LogP contribution in [-0.2, 0) is 6.42 Å². The lowest BCUT2D eigenvalue weighted by Crippen LogP contribution is -2.08. The highest BCUT2D eigenvalue weighted by atomic mass is 15.0. The Morgan fingerprint density at radius 2 is 2.00 bits per heavy atom. The Hall–Kier alpha value is -2.68. The second-order valence-electron chi connectivity index (χ2n) is 6.07. The zero-order valence-corrected chi connectivity index (χ0v) is 13.2. The molecule has 1 aliphatic carbocycles. The minimum absolute atomic E-state index is 0.312. The van der Waals surface area contributed by atoms with Crippen LogP contribution in [0.25, 0.3) is 11.1 Å². The maximum atomic E-state index is 4.33. The van der Waals surface area contributed by atoms with Crippen LogP contribution in [0.5, 0.6) is 0 Å². The number of nitrogens with zero attached hydrogens (tertiary/aromatic N) is 2. The summed E-state index contributed by atoms with van der Waals surface area (Å²) in [6, 6.07) is 15.7. The highest BCUT2D eigenvalue weighted by molar-refractivity contribution is 5.71. The third-order valence-electron chi connectivity index (χ3n) is 4.49. The van der Waals surface area contributed by atoms with Crippen LogP contribution >= 0.6 is 0 Å². The number of hydrogen-bond donors (Lipinski definition) is 1. The molecular formula is C20H19N3. The summed E-state index contributed by atoms with van der Waals surface area (Å²) in [6.07, 6.45) is 7.39. The molecule has 2 aromatic carbocycles. The first kappa shape index (κ1) is 13.9. The molecule has 23 heavy (non-hydrogen) atoms. The monoisotopic (exact) mass is 301 g/mol. The summed E-state index contributed by atoms with van der Waals surface area (Å²) in [5.74, 6) is 0.839. The zero-order chi connectivity index (χ0) is 15.6. The van der Waals surface area contributed by atoms with Crippen molar-refractivity contribution in [1.29, 1.82) is 0 Å². The molecule has 0 amide bonds. The van der Waals surface area contributed by atoms with E-state index in [2.05, 4.69) is 64.7 Å². The highest BCUT2D eigenvalue weighted by Gasteiger charge is 2.25. The molecule has 114 valence electrons. The number of rotatable bonds is 3. The topological polar surface area (TPSA) is 37.8 Å². The molecule has 3 nitrogen and oxygen atoms in total. The third kappa shape index (κ3) is 2.70. The second-order valence-corrected chi connectivity index (χ2v) is 6.07. The quantitative estimate of drug-likeness (QED) is 0.771. The molecule has 3 heteroatoms. The van der Waals surface area contributed by atoms with Gasteiger partial charge < -0.3 is 5.32 Å². The fraction of sp³-hybridized carbons (Fsp3) is 0.200. The molecule has 4 rings (SSSR count). The van der Waals surface area contributed by atoms with Gasteiger partial charge >= 0.3 is 0 Å². The molecule has 0 bridgehead atoms. The van der Waals surface area contributed by atoms with Gasteiger partial charge in [0, 0.05) is 12.4 Å². The second kappa shape index (κ2) is 5.84. The number of anilines is 1. The Labute approximate surface area is 136 Å². The van der Waals surface area contributed by atoms with Crippen molar-refractivity contribution in [2.24, 2.45) is 0 Å². The molecule has 1 aliphatic rings. The van der Waals surface area contributed by atoms with Crippen LogP contribution in [0.4, 0.5) is 5.82 Å². The summed E-state index contributed by atoms with van der Waals surface area (Å²) < 4.78 is 0. The molecule has 0 spiro atoms. The highest BCUT2D eigenvalue weighted by Crippen LogP contribution is 2.39. The van der Waals surface area contributed by atoms with Crippen LogP contribution in [-0.4, -0.2) is 9.97 Å². The van der Waals surface area contributed by atoms with Crippen molar-refractivity contribution < 1.29 is 0 Å². The maximum Gasteiger partial charge on any atom is 0.144 e. The minimum atomic E-state index is 0.312. The van der Waals surface area contributed by atoms with Crippen molar-refractivity contribution in [3.8, 4) is 11.1 Å². The van der Waals surface area contributed by atoms with Gasteiger partial charge in [-0.3, -0.25) is 4.98 Å². The van der Waals surface area contributed by atoms with E-state index in [0.717, 1.165) is 18.7 Å². The lowest BCUT2D eigenvalue weighted by Gasteiger charge is -2.15. The van der Waals surface area contributed by atoms with E-state index in [0.29, 0.717) is 6.04 Å². The SMILES string of the molecule is Cc1cccc(-c2cccc3c2CCC3Nc2cnccn2)c1. The van der Waals surface area contributed by atoms with Crippen molar-refractivity contribution in [2.75, 3.05) is 5.32 Å². The zero-order valence-electron chi connectivity index (χ0n) is 13.2. The lowest BCUT2D eigenvalue weighted by atomic mass is 9.95. The molecule has 0 fully saturated rings. The number of aromatic nitrogens is 2. The summed E-state index contributed by atoms with van der Waals surface area (Å²) in [7, 11) is 0.